The number of thiol groups is 1. The molecule has 4 atom stereocenters. The minimum Gasteiger partial charge on any atom is -0.390 e. The van der Waals surface area contributed by atoms with E-state index in [0.29, 0.717) is 27.7 Å². The summed E-state index contributed by atoms with van der Waals surface area (Å²) in [6, 6.07) is 7.25. The molecule has 0 saturated carbocycles. The lowest BCUT2D eigenvalue weighted by Gasteiger charge is -2.31. The Balaban J connectivity index is 1.52. The summed E-state index contributed by atoms with van der Waals surface area (Å²) in [7, 11) is 0. The molecule has 0 spiro atoms. The number of aliphatic hydroxyl groups excluding tert-OH is 3. The van der Waals surface area contributed by atoms with Crippen LogP contribution < -0.4 is 0 Å². The summed E-state index contributed by atoms with van der Waals surface area (Å²) in [5.41, 5.74) is 2.43. The van der Waals surface area contributed by atoms with Crippen LogP contribution in [0.15, 0.2) is 41.8 Å². The molecule has 2 aromatic heterocycles. The first kappa shape index (κ1) is 19.6. The number of halogens is 1. The van der Waals surface area contributed by atoms with E-state index in [2.05, 4.69) is 22.6 Å². The number of benzene rings is 1. The fourth-order valence-corrected chi connectivity index (χ4v) is 4.01. The van der Waals surface area contributed by atoms with Gasteiger partial charge in [-0.3, -0.25) is 0 Å². The molecule has 0 fully saturated rings. The molecule has 3 heterocycles. The number of aromatic nitrogens is 3. The Bertz CT molecular complexity index is 998. The lowest BCUT2D eigenvalue weighted by Crippen LogP contribution is -2.37. The largest absolute Gasteiger partial charge is 0.390 e. The van der Waals surface area contributed by atoms with Crippen LogP contribution in [0.1, 0.15) is 29.9 Å². The molecule has 0 aliphatic carbocycles. The van der Waals surface area contributed by atoms with E-state index in [1.807, 2.05) is 12.1 Å². The molecule has 3 N–H and O–H groups in total. The monoisotopic (exact) mass is 421 g/mol. The molecule has 1 aliphatic heterocycles. The Morgan fingerprint density at radius 1 is 1.25 bits per heavy atom. The van der Waals surface area contributed by atoms with Crippen LogP contribution in [-0.4, -0.2) is 48.7 Å². The van der Waals surface area contributed by atoms with Gasteiger partial charge in [-0.1, -0.05) is 17.7 Å². The van der Waals surface area contributed by atoms with Crippen LogP contribution in [0.25, 0.3) is 11.0 Å². The SMILES string of the molecule is OC(CC1OCCc2cc(Cl)ccc21)C(O)C(O)n1ccc2c(S)ncnc21. The van der Waals surface area contributed by atoms with Gasteiger partial charge in [0.05, 0.1) is 24.2 Å². The van der Waals surface area contributed by atoms with Gasteiger partial charge in [-0.25, -0.2) is 9.97 Å². The molecule has 4 rings (SSSR count). The summed E-state index contributed by atoms with van der Waals surface area (Å²) < 4.78 is 7.18. The Morgan fingerprint density at radius 2 is 2.07 bits per heavy atom. The van der Waals surface area contributed by atoms with E-state index < -0.39 is 18.4 Å². The van der Waals surface area contributed by atoms with Gasteiger partial charge in [-0.05, 0) is 35.7 Å². The van der Waals surface area contributed by atoms with Gasteiger partial charge in [0, 0.05) is 17.6 Å². The van der Waals surface area contributed by atoms with Crippen molar-refractivity contribution in [1.82, 2.24) is 14.5 Å². The minimum absolute atomic E-state index is 0.138. The smallest absolute Gasteiger partial charge is 0.160 e. The van der Waals surface area contributed by atoms with E-state index in [1.165, 1.54) is 10.9 Å². The lowest BCUT2D eigenvalue weighted by molar-refractivity contribution is -0.107. The van der Waals surface area contributed by atoms with Crippen LogP contribution in [0.3, 0.4) is 0 Å². The third-order valence-electron chi connectivity index (χ3n) is 5.07. The van der Waals surface area contributed by atoms with Crippen molar-refractivity contribution in [3.63, 3.8) is 0 Å². The minimum atomic E-state index is -1.43. The molecule has 7 nitrogen and oxygen atoms in total. The average molecular weight is 422 g/mol. The van der Waals surface area contributed by atoms with Gasteiger partial charge >= 0.3 is 0 Å². The zero-order chi connectivity index (χ0) is 19.8. The van der Waals surface area contributed by atoms with Crippen LogP contribution in [0.2, 0.25) is 5.02 Å². The fourth-order valence-electron chi connectivity index (χ4n) is 3.59. The van der Waals surface area contributed by atoms with Crippen molar-refractivity contribution in [2.45, 2.75) is 42.4 Å². The number of ether oxygens (including phenoxy) is 1. The van der Waals surface area contributed by atoms with Gasteiger partial charge in [-0.2, -0.15) is 0 Å². The number of nitrogens with zero attached hydrogens (tertiary/aromatic N) is 3. The van der Waals surface area contributed by atoms with E-state index in [9.17, 15) is 15.3 Å². The highest BCUT2D eigenvalue weighted by Gasteiger charge is 2.32. The average Bonchev–Trinajstić information content (AvgIpc) is 3.12. The molecule has 28 heavy (non-hydrogen) atoms. The van der Waals surface area contributed by atoms with Crippen molar-refractivity contribution in [3.05, 3.63) is 52.9 Å². The molecule has 9 heteroatoms. The Kier molecular flexibility index (Phi) is 5.59. The maximum atomic E-state index is 10.6. The normalized spacial score (nSPS) is 20.0. The maximum Gasteiger partial charge on any atom is 0.160 e. The predicted molar refractivity (Wildman–Crippen MR) is 107 cm³/mol. The van der Waals surface area contributed by atoms with Gasteiger partial charge in [0.25, 0.3) is 0 Å². The second-order valence-corrected chi connectivity index (χ2v) is 7.68. The number of hydrogen-bond acceptors (Lipinski definition) is 7. The summed E-state index contributed by atoms with van der Waals surface area (Å²) in [4.78, 5) is 8.12. The Morgan fingerprint density at radius 3 is 2.89 bits per heavy atom. The van der Waals surface area contributed by atoms with E-state index in [0.717, 1.165) is 17.5 Å². The first-order valence-electron chi connectivity index (χ1n) is 8.90. The third kappa shape index (κ3) is 3.63. The molecule has 0 saturated heterocycles. The van der Waals surface area contributed by atoms with Crippen molar-refractivity contribution in [2.24, 2.45) is 0 Å². The summed E-state index contributed by atoms with van der Waals surface area (Å²) >= 11 is 10.3. The standard InChI is InChI=1S/C19H20ClN3O4S/c20-11-1-2-12-10(7-11)4-6-27-15(12)8-14(24)16(25)19(26)23-5-3-13-17(23)21-9-22-18(13)28/h1-3,5,7,9,14-16,19,24-26H,4,6,8H2,(H,21,22,28). The molecule has 0 radical (unpaired) electrons. The molecular weight excluding hydrogens is 402 g/mol. The summed E-state index contributed by atoms with van der Waals surface area (Å²) in [6.45, 7) is 0.507. The number of aliphatic hydroxyl groups is 3. The molecule has 0 bridgehead atoms. The summed E-state index contributed by atoms with van der Waals surface area (Å²) in [6.07, 6.45) is -0.628. The van der Waals surface area contributed by atoms with Gasteiger partial charge < -0.3 is 24.6 Å². The first-order valence-corrected chi connectivity index (χ1v) is 9.73. The molecule has 0 amide bonds. The van der Waals surface area contributed by atoms with Crippen LogP contribution >= 0.6 is 24.2 Å². The van der Waals surface area contributed by atoms with Crippen LogP contribution in [-0.2, 0) is 11.2 Å². The topological polar surface area (TPSA) is 101 Å². The Labute approximate surface area is 172 Å². The Hall–Kier alpha value is -1.68. The van der Waals surface area contributed by atoms with Gasteiger partial charge in [0.2, 0.25) is 0 Å². The molecule has 3 aromatic rings. The summed E-state index contributed by atoms with van der Waals surface area (Å²) in [5, 5.41) is 33.5. The lowest BCUT2D eigenvalue weighted by atomic mass is 9.93. The van der Waals surface area contributed by atoms with Crippen LogP contribution in [0, 0.1) is 0 Å². The molecule has 148 valence electrons. The van der Waals surface area contributed by atoms with Gasteiger partial charge in [0.15, 0.2) is 6.23 Å². The van der Waals surface area contributed by atoms with E-state index in [4.69, 9.17) is 16.3 Å². The molecule has 1 aromatic carbocycles. The zero-order valence-electron chi connectivity index (χ0n) is 14.8. The fraction of sp³-hybridized carbons (Fsp3) is 0.368. The number of rotatable bonds is 5. The van der Waals surface area contributed by atoms with E-state index >= 15 is 0 Å². The van der Waals surface area contributed by atoms with Crippen molar-refractivity contribution >= 4 is 35.3 Å². The van der Waals surface area contributed by atoms with E-state index in [1.54, 1.807) is 18.3 Å². The molecule has 4 unspecified atom stereocenters. The predicted octanol–water partition coefficient (Wildman–Crippen LogP) is 2.29. The second-order valence-electron chi connectivity index (χ2n) is 6.82. The highest BCUT2D eigenvalue weighted by atomic mass is 35.5. The van der Waals surface area contributed by atoms with Crippen LogP contribution in [0.5, 0.6) is 0 Å². The van der Waals surface area contributed by atoms with E-state index in [-0.39, 0.29) is 12.5 Å². The molecule has 1 aliphatic rings. The van der Waals surface area contributed by atoms with Crippen molar-refractivity contribution in [1.29, 1.82) is 0 Å². The quantitative estimate of drug-likeness (QED) is 0.372. The van der Waals surface area contributed by atoms with Crippen LogP contribution in [0.4, 0.5) is 0 Å². The third-order valence-corrected chi connectivity index (χ3v) is 5.66. The highest BCUT2D eigenvalue weighted by molar-refractivity contribution is 7.80. The maximum absolute atomic E-state index is 10.6. The van der Waals surface area contributed by atoms with Crippen molar-refractivity contribution in [2.75, 3.05) is 6.61 Å². The van der Waals surface area contributed by atoms with Gasteiger partial charge in [0.1, 0.15) is 23.1 Å². The highest BCUT2D eigenvalue weighted by Crippen LogP contribution is 2.34. The number of fused-ring (bicyclic) bond motifs is 2. The zero-order valence-corrected chi connectivity index (χ0v) is 16.5. The first-order chi connectivity index (χ1) is 13.5. The van der Waals surface area contributed by atoms with Crippen molar-refractivity contribution < 1.29 is 20.1 Å². The van der Waals surface area contributed by atoms with Gasteiger partial charge in [-0.15, -0.1) is 12.6 Å². The second kappa shape index (κ2) is 7.98. The number of hydrogen-bond donors (Lipinski definition) is 4. The molecular formula is C19H20ClN3O4S. The summed E-state index contributed by atoms with van der Waals surface area (Å²) in [5.74, 6) is 0. The van der Waals surface area contributed by atoms with Crippen molar-refractivity contribution in [3.8, 4) is 0 Å².